The molecule has 128 valence electrons. The number of halogens is 1. The Morgan fingerprint density at radius 1 is 0.962 bits per heavy atom. The Morgan fingerprint density at radius 2 is 1.69 bits per heavy atom. The van der Waals surface area contributed by atoms with Gasteiger partial charge in [0, 0.05) is 5.56 Å². The third kappa shape index (κ3) is 2.74. The van der Waals surface area contributed by atoms with Crippen molar-refractivity contribution < 1.29 is 4.74 Å². The molecule has 0 spiro atoms. The number of para-hydroxylation sites is 1. The number of hydrogen-bond acceptors (Lipinski definition) is 3. The molecular weight excluding hydrogens is 348 g/mol. The first kappa shape index (κ1) is 16.4. The van der Waals surface area contributed by atoms with Crippen molar-refractivity contribution in [3.05, 3.63) is 88.2 Å². The molecule has 4 nitrogen and oxygen atoms in total. The highest BCUT2D eigenvalue weighted by atomic mass is 35.5. The van der Waals surface area contributed by atoms with Crippen molar-refractivity contribution in [1.29, 1.82) is 0 Å². The van der Waals surface area contributed by atoms with Gasteiger partial charge in [-0.05, 0) is 42.5 Å². The average Bonchev–Trinajstić information content (AvgIpc) is 2.68. The first-order valence-corrected chi connectivity index (χ1v) is 8.48. The Hall–Kier alpha value is -3.11. The SMILES string of the molecule is COc1ccc2nc(-c3ccccc3Cl)n(-c3ccccc3)c(=O)c2c1. The van der Waals surface area contributed by atoms with Crippen molar-refractivity contribution in [3.8, 4) is 22.8 Å². The van der Waals surface area contributed by atoms with E-state index < -0.39 is 0 Å². The Labute approximate surface area is 155 Å². The molecule has 1 heterocycles. The topological polar surface area (TPSA) is 44.1 Å². The molecule has 0 amide bonds. The summed E-state index contributed by atoms with van der Waals surface area (Å²) in [7, 11) is 1.57. The van der Waals surface area contributed by atoms with E-state index >= 15 is 0 Å². The molecule has 0 aliphatic rings. The van der Waals surface area contributed by atoms with Gasteiger partial charge in [0.05, 0.1) is 28.7 Å². The highest BCUT2D eigenvalue weighted by Gasteiger charge is 2.16. The van der Waals surface area contributed by atoms with Crippen LogP contribution >= 0.6 is 11.6 Å². The smallest absolute Gasteiger partial charge is 0.266 e. The lowest BCUT2D eigenvalue weighted by molar-refractivity contribution is 0.415. The van der Waals surface area contributed by atoms with Crippen LogP contribution in [0.3, 0.4) is 0 Å². The molecule has 0 N–H and O–H groups in total. The van der Waals surface area contributed by atoms with Gasteiger partial charge in [-0.3, -0.25) is 9.36 Å². The molecule has 0 aliphatic heterocycles. The molecule has 0 aliphatic carbocycles. The van der Waals surface area contributed by atoms with Crippen LogP contribution in [-0.2, 0) is 0 Å². The van der Waals surface area contributed by atoms with Gasteiger partial charge in [0.2, 0.25) is 0 Å². The molecule has 1 aromatic heterocycles. The van der Waals surface area contributed by atoms with Gasteiger partial charge >= 0.3 is 0 Å². The normalized spacial score (nSPS) is 10.8. The van der Waals surface area contributed by atoms with Crippen LogP contribution < -0.4 is 10.3 Å². The second kappa shape index (κ2) is 6.65. The molecule has 0 saturated heterocycles. The van der Waals surface area contributed by atoms with Crippen molar-refractivity contribution in [1.82, 2.24) is 9.55 Å². The van der Waals surface area contributed by atoms with E-state index in [1.807, 2.05) is 48.5 Å². The lowest BCUT2D eigenvalue weighted by Gasteiger charge is -2.15. The molecular formula is C21H15ClN2O2. The molecule has 0 bridgehead atoms. The summed E-state index contributed by atoms with van der Waals surface area (Å²) in [5.74, 6) is 1.12. The number of rotatable bonds is 3. The molecule has 0 unspecified atom stereocenters. The van der Waals surface area contributed by atoms with E-state index in [9.17, 15) is 4.79 Å². The van der Waals surface area contributed by atoms with Gasteiger partial charge in [0.15, 0.2) is 0 Å². The van der Waals surface area contributed by atoms with Crippen LogP contribution in [0, 0.1) is 0 Å². The van der Waals surface area contributed by atoms with Crippen LogP contribution in [0.2, 0.25) is 5.02 Å². The molecule has 4 aromatic rings. The van der Waals surface area contributed by atoms with Crippen molar-refractivity contribution >= 4 is 22.5 Å². The summed E-state index contributed by atoms with van der Waals surface area (Å²) < 4.78 is 6.85. The summed E-state index contributed by atoms with van der Waals surface area (Å²) >= 11 is 6.39. The third-order valence-corrected chi connectivity index (χ3v) is 4.53. The van der Waals surface area contributed by atoms with E-state index in [-0.39, 0.29) is 5.56 Å². The lowest BCUT2D eigenvalue weighted by atomic mass is 10.1. The van der Waals surface area contributed by atoms with Gasteiger partial charge in [-0.25, -0.2) is 4.98 Å². The molecule has 5 heteroatoms. The number of benzene rings is 3. The molecule has 0 fully saturated rings. The predicted molar refractivity (Wildman–Crippen MR) is 104 cm³/mol. The van der Waals surface area contributed by atoms with Gasteiger partial charge in [0.25, 0.3) is 5.56 Å². The molecule has 0 radical (unpaired) electrons. The van der Waals surface area contributed by atoms with Crippen LogP contribution in [-0.4, -0.2) is 16.7 Å². The fraction of sp³-hybridized carbons (Fsp3) is 0.0476. The van der Waals surface area contributed by atoms with Crippen molar-refractivity contribution in [2.24, 2.45) is 0 Å². The van der Waals surface area contributed by atoms with Gasteiger partial charge in [-0.1, -0.05) is 41.9 Å². The fourth-order valence-corrected chi connectivity index (χ4v) is 3.15. The van der Waals surface area contributed by atoms with Crippen LogP contribution in [0.1, 0.15) is 0 Å². The Kier molecular flexibility index (Phi) is 4.19. The summed E-state index contributed by atoms with van der Waals surface area (Å²) in [6, 6.07) is 22.1. The standard InChI is InChI=1S/C21H15ClN2O2/c1-26-15-11-12-19-17(13-15)21(25)24(14-7-3-2-4-8-14)20(23-19)16-9-5-6-10-18(16)22/h2-13H,1H3. The molecule has 26 heavy (non-hydrogen) atoms. The van der Waals surface area contributed by atoms with E-state index in [2.05, 4.69) is 0 Å². The summed E-state index contributed by atoms with van der Waals surface area (Å²) in [5, 5.41) is 1.03. The summed E-state index contributed by atoms with van der Waals surface area (Å²) in [4.78, 5) is 18.1. The largest absolute Gasteiger partial charge is 0.497 e. The fourth-order valence-electron chi connectivity index (χ4n) is 2.93. The van der Waals surface area contributed by atoms with E-state index in [0.717, 1.165) is 5.69 Å². The predicted octanol–water partition coefficient (Wildman–Crippen LogP) is 4.71. The first-order valence-electron chi connectivity index (χ1n) is 8.10. The molecule has 4 rings (SSSR count). The Balaban J connectivity index is 2.13. The van der Waals surface area contributed by atoms with E-state index in [4.69, 9.17) is 21.3 Å². The number of hydrogen-bond donors (Lipinski definition) is 0. The maximum absolute atomic E-state index is 13.3. The number of nitrogens with zero attached hydrogens (tertiary/aromatic N) is 2. The highest BCUT2D eigenvalue weighted by molar-refractivity contribution is 6.33. The van der Waals surface area contributed by atoms with Gasteiger partial charge in [-0.15, -0.1) is 0 Å². The quantitative estimate of drug-likeness (QED) is 0.530. The zero-order chi connectivity index (χ0) is 18.1. The second-order valence-corrected chi connectivity index (χ2v) is 6.18. The van der Waals surface area contributed by atoms with Gasteiger partial charge in [-0.2, -0.15) is 0 Å². The van der Waals surface area contributed by atoms with Gasteiger partial charge < -0.3 is 4.74 Å². The maximum Gasteiger partial charge on any atom is 0.266 e. The van der Waals surface area contributed by atoms with E-state index in [0.29, 0.717) is 33.1 Å². The number of methoxy groups -OCH3 is 1. The first-order chi connectivity index (χ1) is 12.7. The van der Waals surface area contributed by atoms with Crippen molar-refractivity contribution in [3.63, 3.8) is 0 Å². The van der Waals surface area contributed by atoms with Crippen LogP contribution in [0.15, 0.2) is 77.6 Å². The summed E-state index contributed by atoms with van der Waals surface area (Å²) in [6.45, 7) is 0. The Bertz CT molecular complexity index is 1150. The minimum atomic E-state index is -0.171. The van der Waals surface area contributed by atoms with Crippen LogP contribution in [0.5, 0.6) is 5.75 Å². The maximum atomic E-state index is 13.3. The number of fused-ring (bicyclic) bond motifs is 1. The zero-order valence-corrected chi connectivity index (χ0v) is 14.8. The average molecular weight is 363 g/mol. The lowest BCUT2D eigenvalue weighted by Crippen LogP contribution is -2.22. The summed E-state index contributed by atoms with van der Waals surface area (Å²) in [6.07, 6.45) is 0. The number of ether oxygens (including phenoxy) is 1. The second-order valence-electron chi connectivity index (χ2n) is 5.77. The van der Waals surface area contributed by atoms with Crippen molar-refractivity contribution in [2.45, 2.75) is 0 Å². The van der Waals surface area contributed by atoms with E-state index in [1.54, 1.807) is 35.9 Å². The van der Waals surface area contributed by atoms with E-state index in [1.165, 1.54) is 0 Å². The highest BCUT2D eigenvalue weighted by Crippen LogP contribution is 2.29. The van der Waals surface area contributed by atoms with Gasteiger partial charge in [0.1, 0.15) is 11.6 Å². The molecule has 0 atom stereocenters. The Morgan fingerprint density at radius 3 is 2.42 bits per heavy atom. The minimum absolute atomic E-state index is 0.171. The third-order valence-electron chi connectivity index (χ3n) is 4.20. The minimum Gasteiger partial charge on any atom is -0.497 e. The summed E-state index contributed by atoms with van der Waals surface area (Å²) in [5.41, 5.74) is 1.85. The molecule has 0 saturated carbocycles. The van der Waals surface area contributed by atoms with Crippen LogP contribution in [0.4, 0.5) is 0 Å². The molecule has 3 aromatic carbocycles. The zero-order valence-electron chi connectivity index (χ0n) is 14.0. The van der Waals surface area contributed by atoms with Crippen molar-refractivity contribution in [2.75, 3.05) is 7.11 Å². The monoisotopic (exact) mass is 362 g/mol. The number of aromatic nitrogens is 2. The van der Waals surface area contributed by atoms with Crippen LogP contribution in [0.25, 0.3) is 28.0 Å².